The van der Waals surface area contributed by atoms with Crippen molar-refractivity contribution in [1.29, 1.82) is 0 Å². The summed E-state index contributed by atoms with van der Waals surface area (Å²) in [6.45, 7) is 0.624. The summed E-state index contributed by atoms with van der Waals surface area (Å²) in [5, 5.41) is 3.20. The van der Waals surface area contributed by atoms with Crippen molar-refractivity contribution < 1.29 is 9.53 Å². The van der Waals surface area contributed by atoms with E-state index in [1.54, 1.807) is 24.3 Å². The molecule has 1 aromatic heterocycles. The summed E-state index contributed by atoms with van der Waals surface area (Å²) in [7, 11) is 0. The number of carbonyl (C=O) groups excluding carboxylic acids is 1. The molecule has 3 N–H and O–H groups in total. The number of rotatable bonds is 5. The highest BCUT2D eigenvalue weighted by Gasteiger charge is 2.06. The Morgan fingerprint density at radius 3 is 2.95 bits per heavy atom. The van der Waals surface area contributed by atoms with E-state index in [4.69, 9.17) is 16.3 Å². The highest BCUT2D eigenvalue weighted by molar-refractivity contribution is 6.30. The Labute approximate surface area is 113 Å². The fourth-order valence-corrected chi connectivity index (χ4v) is 1.62. The highest BCUT2D eigenvalue weighted by Crippen LogP contribution is 2.16. The van der Waals surface area contributed by atoms with E-state index in [9.17, 15) is 9.59 Å². The third-order valence-electron chi connectivity index (χ3n) is 2.29. The number of hydrogen-bond acceptors (Lipinski definition) is 3. The molecule has 0 bridgehead atoms. The van der Waals surface area contributed by atoms with Crippen molar-refractivity contribution >= 4 is 17.5 Å². The zero-order valence-electron chi connectivity index (χ0n) is 9.90. The number of aromatic nitrogens is 2. The molecule has 0 fully saturated rings. The maximum absolute atomic E-state index is 11.5. The van der Waals surface area contributed by atoms with Crippen molar-refractivity contribution in [3.63, 3.8) is 0 Å². The largest absolute Gasteiger partial charge is 0.492 e. The number of hydrogen-bond donors (Lipinski definition) is 3. The third kappa shape index (κ3) is 3.89. The van der Waals surface area contributed by atoms with Crippen molar-refractivity contribution in [2.75, 3.05) is 13.2 Å². The molecule has 0 saturated heterocycles. The molecular weight excluding hydrogens is 270 g/mol. The van der Waals surface area contributed by atoms with Crippen molar-refractivity contribution in [2.45, 2.75) is 0 Å². The topological polar surface area (TPSA) is 87.0 Å². The van der Waals surface area contributed by atoms with Gasteiger partial charge in [-0.25, -0.2) is 4.79 Å². The van der Waals surface area contributed by atoms with Crippen LogP contribution in [0.25, 0.3) is 0 Å². The first-order valence-electron chi connectivity index (χ1n) is 5.59. The van der Waals surface area contributed by atoms with E-state index < -0.39 is 5.69 Å². The van der Waals surface area contributed by atoms with E-state index in [0.29, 0.717) is 23.9 Å². The first-order chi connectivity index (χ1) is 9.15. The Hall–Kier alpha value is -2.21. The van der Waals surface area contributed by atoms with Gasteiger partial charge in [-0.1, -0.05) is 17.7 Å². The van der Waals surface area contributed by atoms with Gasteiger partial charge < -0.3 is 20.0 Å². The minimum absolute atomic E-state index is 0.188. The van der Waals surface area contributed by atoms with Crippen LogP contribution in [0.2, 0.25) is 5.02 Å². The van der Waals surface area contributed by atoms with Crippen LogP contribution in [-0.4, -0.2) is 29.0 Å². The Balaban J connectivity index is 1.75. The fourth-order valence-electron chi connectivity index (χ4n) is 1.44. The zero-order chi connectivity index (χ0) is 13.7. The number of benzene rings is 1. The van der Waals surface area contributed by atoms with Gasteiger partial charge in [0, 0.05) is 11.2 Å². The smallest absolute Gasteiger partial charge is 0.323 e. The number of ether oxygens (including phenoxy) is 1. The second-order valence-corrected chi connectivity index (χ2v) is 4.15. The van der Waals surface area contributed by atoms with Crippen LogP contribution in [0.4, 0.5) is 0 Å². The SMILES string of the molecule is O=C(NCCOc1cccc(Cl)c1)c1c[nH]c(=O)[nH]1. The maximum atomic E-state index is 11.5. The molecule has 0 atom stereocenters. The van der Waals surface area contributed by atoms with Crippen LogP contribution in [0.1, 0.15) is 10.5 Å². The lowest BCUT2D eigenvalue weighted by Crippen LogP contribution is -2.28. The number of nitrogens with one attached hydrogen (secondary N) is 3. The lowest BCUT2D eigenvalue weighted by molar-refractivity contribution is 0.0942. The molecule has 7 heteroatoms. The first kappa shape index (κ1) is 13.2. The molecule has 0 aliphatic heterocycles. The van der Waals surface area contributed by atoms with Crippen LogP contribution in [0.5, 0.6) is 5.75 Å². The van der Waals surface area contributed by atoms with Gasteiger partial charge in [-0.2, -0.15) is 0 Å². The minimum atomic E-state index is -0.416. The Morgan fingerprint density at radius 1 is 1.42 bits per heavy atom. The summed E-state index contributed by atoms with van der Waals surface area (Å²) in [6.07, 6.45) is 1.31. The number of imidazole rings is 1. The van der Waals surface area contributed by atoms with Gasteiger partial charge in [0.05, 0.1) is 6.54 Å². The van der Waals surface area contributed by atoms with Crippen LogP contribution < -0.4 is 15.7 Å². The van der Waals surface area contributed by atoms with Crippen molar-refractivity contribution in [2.24, 2.45) is 0 Å². The Bertz CT molecular complexity index is 620. The molecule has 0 unspecified atom stereocenters. The quantitative estimate of drug-likeness (QED) is 0.719. The van der Waals surface area contributed by atoms with Crippen LogP contribution in [0.3, 0.4) is 0 Å². The van der Waals surface area contributed by atoms with Gasteiger partial charge in [0.25, 0.3) is 5.91 Å². The highest BCUT2D eigenvalue weighted by atomic mass is 35.5. The number of aromatic amines is 2. The summed E-state index contributed by atoms with van der Waals surface area (Å²) < 4.78 is 5.40. The molecular formula is C12H12ClN3O3. The summed E-state index contributed by atoms with van der Waals surface area (Å²) in [6, 6.07) is 6.99. The lowest BCUT2D eigenvalue weighted by atomic mass is 10.3. The van der Waals surface area contributed by atoms with Crippen LogP contribution >= 0.6 is 11.6 Å². The molecule has 6 nitrogen and oxygen atoms in total. The molecule has 1 heterocycles. The number of H-pyrrole nitrogens is 2. The minimum Gasteiger partial charge on any atom is -0.492 e. The standard InChI is InChI=1S/C12H12ClN3O3/c13-8-2-1-3-9(6-8)19-5-4-14-11(17)10-7-15-12(18)16-10/h1-3,6-7H,4-5H2,(H,14,17)(H2,15,16,18). The van der Waals surface area contributed by atoms with Gasteiger partial charge in [0.15, 0.2) is 0 Å². The predicted octanol–water partition coefficient (Wildman–Crippen LogP) is 1.17. The Kier molecular flexibility index (Phi) is 4.25. The van der Waals surface area contributed by atoms with Gasteiger partial charge in [0.2, 0.25) is 0 Å². The summed E-state index contributed by atoms with van der Waals surface area (Å²) in [5.74, 6) is 0.268. The van der Waals surface area contributed by atoms with E-state index in [0.717, 1.165) is 0 Å². The van der Waals surface area contributed by atoms with Crippen molar-refractivity contribution in [3.8, 4) is 5.75 Å². The van der Waals surface area contributed by atoms with Crippen LogP contribution in [0, 0.1) is 0 Å². The second-order valence-electron chi connectivity index (χ2n) is 3.72. The summed E-state index contributed by atoms with van der Waals surface area (Å²) in [4.78, 5) is 27.1. The van der Waals surface area contributed by atoms with Crippen molar-refractivity contribution in [3.05, 3.63) is 51.7 Å². The van der Waals surface area contributed by atoms with Gasteiger partial charge >= 0.3 is 5.69 Å². The summed E-state index contributed by atoms with van der Waals surface area (Å²) >= 11 is 5.80. The van der Waals surface area contributed by atoms with E-state index >= 15 is 0 Å². The molecule has 0 aliphatic carbocycles. The van der Waals surface area contributed by atoms with E-state index in [-0.39, 0.29) is 11.6 Å². The molecule has 0 aliphatic rings. The molecule has 1 aromatic carbocycles. The molecule has 0 radical (unpaired) electrons. The Morgan fingerprint density at radius 2 is 2.26 bits per heavy atom. The number of amides is 1. The van der Waals surface area contributed by atoms with Crippen molar-refractivity contribution in [1.82, 2.24) is 15.3 Å². The number of carbonyl (C=O) groups is 1. The predicted molar refractivity (Wildman–Crippen MR) is 70.7 cm³/mol. The molecule has 2 rings (SSSR count). The maximum Gasteiger partial charge on any atom is 0.323 e. The molecule has 0 saturated carbocycles. The number of halogens is 1. The second kappa shape index (κ2) is 6.10. The summed E-state index contributed by atoms with van der Waals surface area (Å²) in [5.41, 5.74) is -0.229. The lowest BCUT2D eigenvalue weighted by Gasteiger charge is -2.07. The zero-order valence-corrected chi connectivity index (χ0v) is 10.7. The van der Waals surface area contributed by atoms with Crippen LogP contribution in [-0.2, 0) is 0 Å². The normalized spacial score (nSPS) is 10.2. The van der Waals surface area contributed by atoms with Crippen LogP contribution in [0.15, 0.2) is 35.3 Å². The van der Waals surface area contributed by atoms with E-state index in [2.05, 4.69) is 15.3 Å². The van der Waals surface area contributed by atoms with E-state index in [1.807, 2.05) is 0 Å². The molecule has 1 amide bonds. The molecule has 19 heavy (non-hydrogen) atoms. The average molecular weight is 282 g/mol. The van der Waals surface area contributed by atoms with Gasteiger partial charge in [0.1, 0.15) is 18.1 Å². The average Bonchev–Trinajstić information content (AvgIpc) is 2.81. The van der Waals surface area contributed by atoms with E-state index in [1.165, 1.54) is 6.20 Å². The van der Waals surface area contributed by atoms with Gasteiger partial charge in [-0.05, 0) is 18.2 Å². The molecule has 2 aromatic rings. The molecule has 100 valence electrons. The third-order valence-corrected chi connectivity index (χ3v) is 2.53. The first-order valence-corrected chi connectivity index (χ1v) is 5.97. The molecule has 0 spiro atoms. The van der Waals surface area contributed by atoms with Gasteiger partial charge in [-0.3, -0.25) is 4.79 Å². The monoisotopic (exact) mass is 281 g/mol. The fraction of sp³-hybridized carbons (Fsp3) is 0.167. The van der Waals surface area contributed by atoms with Gasteiger partial charge in [-0.15, -0.1) is 0 Å².